The van der Waals surface area contributed by atoms with Gasteiger partial charge in [-0.1, -0.05) is 0 Å². The lowest BCUT2D eigenvalue weighted by Gasteiger charge is -2.18. The van der Waals surface area contributed by atoms with Crippen LogP contribution < -0.4 is 0 Å². The largest absolute Gasteiger partial charge is 0.490 e. The Hall–Kier alpha value is 2.56. The third kappa shape index (κ3) is 46.9. The van der Waals surface area contributed by atoms with Crippen molar-refractivity contribution in [2.45, 2.75) is 0 Å². The summed E-state index contributed by atoms with van der Waals surface area (Å²) in [6, 6.07) is 0. The third-order valence-corrected chi connectivity index (χ3v) is 22.5. The normalized spacial score (nSPS) is 21.7. The van der Waals surface area contributed by atoms with Crippen molar-refractivity contribution >= 4 is 127 Å². The van der Waals surface area contributed by atoms with Crippen LogP contribution in [0.2, 0.25) is 0 Å². The molecule has 7 atom stereocenters. The monoisotopic (exact) mass is 1290 g/mol. The molecule has 48 nitrogen and oxygen atoms in total. The van der Waals surface area contributed by atoms with Gasteiger partial charge in [0, 0.05) is 0 Å². The second-order valence-corrected chi connectivity index (χ2v) is 30.3. The van der Waals surface area contributed by atoms with E-state index in [1.807, 2.05) is 0 Å². The molecule has 64 heavy (non-hydrogen) atoms. The maximum atomic E-state index is 11.0. The van der Waals surface area contributed by atoms with E-state index in [1.54, 1.807) is 0 Å². The summed E-state index contributed by atoms with van der Waals surface area (Å²) >= 11 is 0. The second-order valence-electron chi connectivity index (χ2n) is 8.14. The van der Waals surface area contributed by atoms with Gasteiger partial charge in [-0.15, -0.1) is 0 Å². The Kier molecular flexibility index (Phi) is 28.5. The Morgan fingerprint density at radius 3 is 0.281 bits per heavy atom. The molecule has 0 spiro atoms. The summed E-state index contributed by atoms with van der Waals surface area (Å²) in [6.07, 6.45) is 0. The van der Waals surface area contributed by atoms with Crippen LogP contribution >= 0.6 is 127 Å². The summed E-state index contributed by atoms with van der Waals surface area (Å²) in [6.45, 7) is 0. The lowest BCUT2D eigenvalue weighted by Crippen LogP contribution is -1.97. The molecule has 0 amide bonds. The molecular weight excluding hydrogens is 1260 g/mol. The van der Waals surface area contributed by atoms with E-state index < -0.39 is 117 Å². The van der Waals surface area contributed by atoms with Gasteiger partial charge < -0.3 is 103 Å². The van der Waals surface area contributed by atoms with Crippen LogP contribution in [-0.4, -0.2) is 103 Å². The van der Waals surface area contributed by atoms with Crippen molar-refractivity contribution in [3.63, 3.8) is 0 Å². The molecule has 0 heterocycles. The Bertz CT molecular complexity index is 1900. The van der Waals surface area contributed by atoms with Crippen molar-refractivity contribution in [1.29, 1.82) is 0 Å². The summed E-state index contributed by atoms with van der Waals surface area (Å²) in [7, 11) is -88.0. The van der Waals surface area contributed by atoms with Crippen molar-refractivity contribution < 1.29 is 223 Å². The highest BCUT2D eigenvalue weighted by molar-refractivity contribution is 7.73. The van der Waals surface area contributed by atoms with Gasteiger partial charge in [0.15, 0.2) is 0 Å². The first-order valence-electron chi connectivity index (χ1n) is 11.3. The molecule has 0 bridgehead atoms. The molecule has 0 rings (SSSR count). The molecule has 0 aromatic rings. The summed E-state index contributed by atoms with van der Waals surface area (Å²) in [5.74, 6) is 0. The SMILES string of the molecule is O=P(O)(O)OP(=O)(O)OP(=O)(O)OP(=O)(O)OP(=O)(O)O.O=P(O)(O)OP(=O)(O)OP(=O)(O)OP(=O)(O)OP(=O)(O)O.O=P(O)(O)OP(=O)(O)OP(=O)(O)OP(=O)(O)OP(=O)(O)O.P. The maximum absolute atomic E-state index is 11.0. The smallest absolute Gasteiger partial charge is 0.302 e. The molecule has 0 aromatic heterocycles. The van der Waals surface area contributed by atoms with Crippen LogP contribution in [0.15, 0.2) is 0 Å². The first-order valence-corrected chi connectivity index (χ1v) is 34.0. The van der Waals surface area contributed by atoms with Gasteiger partial charge in [0.05, 0.1) is 0 Å². The molecule has 0 saturated heterocycles. The first kappa shape index (κ1) is 73.1. The molecule has 7 unspecified atom stereocenters. The van der Waals surface area contributed by atoms with E-state index in [-0.39, 0.29) is 9.90 Å². The minimum atomic E-state index is -6.07. The molecule has 0 radical (unpaired) electrons. The second kappa shape index (κ2) is 25.0. The van der Waals surface area contributed by atoms with Gasteiger partial charge in [-0.3, -0.25) is 0 Å². The zero-order chi connectivity index (χ0) is 52.0. The fourth-order valence-electron chi connectivity index (χ4n) is 1.72. The topological polar surface area (TPSA) is 792 Å². The van der Waals surface area contributed by atoms with Gasteiger partial charge in [-0.25, -0.2) is 68.5 Å². The van der Waals surface area contributed by atoms with E-state index in [0.29, 0.717) is 0 Å². The van der Waals surface area contributed by atoms with E-state index in [4.69, 9.17) is 103 Å². The maximum Gasteiger partial charge on any atom is 0.490 e. The first-order chi connectivity index (χ1) is 26.5. The minimum absolute atomic E-state index is 0. The van der Waals surface area contributed by atoms with Gasteiger partial charge in [-0.05, 0) is 0 Å². The highest BCUT2D eigenvalue weighted by Crippen LogP contribution is 2.75. The Morgan fingerprint density at radius 2 is 0.219 bits per heavy atom. The van der Waals surface area contributed by atoms with Crippen LogP contribution in [0.3, 0.4) is 0 Å². The molecular formula is H24O48P16. The van der Waals surface area contributed by atoms with Crippen LogP contribution in [0, 0.1) is 0 Å². The van der Waals surface area contributed by atoms with Crippen LogP contribution in [0.5, 0.6) is 0 Å². The van der Waals surface area contributed by atoms with Crippen molar-refractivity contribution in [3.8, 4) is 0 Å². The van der Waals surface area contributed by atoms with Gasteiger partial charge in [0.1, 0.15) is 0 Å². The molecule has 0 aromatic carbocycles. The lowest BCUT2D eigenvalue weighted by molar-refractivity contribution is 0.179. The molecule has 64 heteroatoms. The number of hydrogen-bond donors (Lipinski definition) is 21. The fourth-order valence-corrected chi connectivity index (χ4v) is 17.9. The number of phosphoric acid groups is 15. The Morgan fingerprint density at radius 1 is 0.156 bits per heavy atom. The van der Waals surface area contributed by atoms with Crippen LogP contribution in [0.4, 0.5) is 0 Å². The minimum Gasteiger partial charge on any atom is -0.302 e. The number of hydrogen-bond acceptors (Lipinski definition) is 27. The Labute approximate surface area is 349 Å². The average molecular weight is 1290 g/mol. The Balaban J connectivity index is -0.000000419. The van der Waals surface area contributed by atoms with Crippen molar-refractivity contribution in [1.82, 2.24) is 0 Å². The average Bonchev–Trinajstić information content (AvgIpc) is 2.68. The van der Waals surface area contributed by atoms with Gasteiger partial charge >= 0.3 is 117 Å². The molecule has 392 valence electrons. The lowest BCUT2D eigenvalue weighted by atomic mass is 15.7. The van der Waals surface area contributed by atoms with E-state index in [0.717, 1.165) is 0 Å². The summed E-state index contributed by atoms with van der Waals surface area (Å²) in [4.78, 5) is 176. The predicted octanol–water partition coefficient (Wildman–Crippen LogP) is -1.32. The van der Waals surface area contributed by atoms with Crippen molar-refractivity contribution in [2.75, 3.05) is 0 Å². The standard InChI is InChI=1S/3H7O16P5.H3P/c3*1-17(2,3)13-19(7,8)15-21(11,12)16-20(9,10)14-18(4,5)6;/h3*(H,7,8)(H,9,10)(H,11,12)(H2,1,2,3)(H2,4,5,6);1H3. The summed E-state index contributed by atoms with van der Waals surface area (Å²) in [5, 5.41) is 0. The van der Waals surface area contributed by atoms with E-state index in [1.165, 1.54) is 0 Å². The fraction of sp³-hybridized carbons (Fsp3) is 0. The molecule has 0 aliphatic carbocycles. The van der Waals surface area contributed by atoms with Crippen LogP contribution in [0.25, 0.3) is 0 Å². The van der Waals surface area contributed by atoms with Gasteiger partial charge in [0.2, 0.25) is 0 Å². The predicted molar refractivity (Wildman–Crippen MR) is 185 cm³/mol. The molecule has 0 aliphatic rings. The van der Waals surface area contributed by atoms with Crippen molar-refractivity contribution in [2.24, 2.45) is 0 Å². The highest BCUT2D eigenvalue weighted by atomic mass is 31.3. The highest BCUT2D eigenvalue weighted by Gasteiger charge is 2.49. The van der Waals surface area contributed by atoms with Gasteiger partial charge in [0.25, 0.3) is 0 Å². The van der Waals surface area contributed by atoms with Crippen molar-refractivity contribution in [3.05, 3.63) is 0 Å². The van der Waals surface area contributed by atoms with Crippen LogP contribution in [-0.2, 0) is 120 Å². The quantitative estimate of drug-likeness (QED) is 0.0498. The number of rotatable bonds is 24. The molecule has 21 N–H and O–H groups in total. The zero-order valence-electron chi connectivity index (χ0n) is 27.8. The summed E-state index contributed by atoms with van der Waals surface area (Å²) in [5.41, 5.74) is 0. The summed E-state index contributed by atoms with van der Waals surface area (Å²) < 4.78 is 197. The van der Waals surface area contributed by atoms with E-state index >= 15 is 0 Å². The van der Waals surface area contributed by atoms with E-state index in [9.17, 15) is 68.5 Å². The molecule has 0 saturated carbocycles. The zero-order valence-corrected chi connectivity index (χ0v) is 42.7. The molecule has 0 aliphatic heterocycles. The molecule has 0 fully saturated rings. The van der Waals surface area contributed by atoms with E-state index in [2.05, 4.69) is 51.7 Å². The van der Waals surface area contributed by atoms with Crippen LogP contribution in [0.1, 0.15) is 0 Å². The van der Waals surface area contributed by atoms with Gasteiger partial charge in [-0.2, -0.15) is 61.6 Å². The third-order valence-electron chi connectivity index (χ3n) is 2.50.